The van der Waals surface area contributed by atoms with Crippen LogP contribution in [0.4, 0.5) is 4.79 Å². The summed E-state index contributed by atoms with van der Waals surface area (Å²) in [4.78, 5) is 91.9. The largest absolute Gasteiger partial charge is 0.480 e. The third-order valence-corrected chi connectivity index (χ3v) is 9.11. The number of alkyl carbamates (subject to hydrolysis) is 1. The molecule has 2 aromatic carbocycles. The summed E-state index contributed by atoms with van der Waals surface area (Å²) in [6.07, 6.45) is 3.57. The number of ketones is 1. The molecule has 15 nitrogen and oxygen atoms in total. The van der Waals surface area contributed by atoms with Crippen molar-refractivity contribution in [3.63, 3.8) is 0 Å². The molecular formula is C39H51N5O10. The van der Waals surface area contributed by atoms with Gasteiger partial charge in [0.15, 0.2) is 0 Å². The van der Waals surface area contributed by atoms with Gasteiger partial charge in [-0.3, -0.25) is 28.8 Å². The van der Waals surface area contributed by atoms with E-state index in [1.54, 1.807) is 76.2 Å². The van der Waals surface area contributed by atoms with E-state index in [9.17, 15) is 33.6 Å². The molecule has 4 atom stereocenters. The number of fused-ring (bicyclic) bond motifs is 10. The van der Waals surface area contributed by atoms with Gasteiger partial charge in [-0.25, -0.2) is 4.79 Å². The Morgan fingerprint density at radius 2 is 1.61 bits per heavy atom. The van der Waals surface area contributed by atoms with Crippen molar-refractivity contribution >= 4 is 41.5 Å². The number of carboxylic acids is 1. The summed E-state index contributed by atoms with van der Waals surface area (Å²) in [5.74, 6) is -4.90. The molecule has 0 saturated heterocycles. The Bertz CT molecular complexity index is 1680. The third-order valence-electron chi connectivity index (χ3n) is 9.11. The predicted molar refractivity (Wildman–Crippen MR) is 196 cm³/mol. The molecule has 0 unspecified atom stereocenters. The van der Waals surface area contributed by atoms with E-state index < -0.39 is 77.8 Å². The second-order valence-corrected chi connectivity index (χ2v) is 14.7. The molecule has 1 saturated carbocycles. The predicted octanol–water partition coefficient (Wildman–Crippen LogP) is 3.08. The lowest BCUT2D eigenvalue weighted by Gasteiger charge is -2.33. The van der Waals surface area contributed by atoms with Crippen LogP contribution in [0.15, 0.2) is 48.5 Å². The number of carboxylic acid groups (broad SMARTS) is 1. The van der Waals surface area contributed by atoms with Crippen molar-refractivity contribution < 1.29 is 48.1 Å². The number of Topliss-reactive ketones (excluding diaryl/α,β-unsaturated/α-hetero) is 1. The number of amides is 5. The zero-order valence-corrected chi connectivity index (χ0v) is 31.2. The van der Waals surface area contributed by atoms with Crippen molar-refractivity contribution in [3.8, 4) is 11.5 Å². The van der Waals surface area contributed by atoms with Gasteiger partial charge in [-0.1, -0.05) is 56.9 Å². The summed E-state index contributed by atoms with van der Waals surface area (Å²) in [6, 6.07) is 9.13. The Kier molecular flexibility index (Phi) is 14.6. The molecule has 1 fully saturated rings. The molecule has 5 amide bonds. The minimum Gasteiger partial charge on any atom is -0.480 e. The Morgan fingerprint density at radius 3 is 2.26 bits per heavy atom. The number of nitrogens with one attached hydrogen (secondary N) is 5. The van der Waals surface area contributed by atoms with Crippen LogP contribution in [0.25, 0.3) is 0 Å². The summed E-state index contributed by atoms with van der Waals surface area (Å²) in [7, 11) is 0. The number of carbonyl (C=O) groups is 7. The van der Waals surface area contributed by atoms with Gasteiger partial charge >= 0.3 is 12.1 Å². The number of hydrogen-bond donors (Lipinski definition) is 6. The normalized spacial score (nSPS) is 20.2. The zero-order chi connectivity index (χ0) is 39.4. The standard InChI is InChI=1S/C39H51N5O10/c1-5-10-28(33(47)37(51)40-22-31(45)46)41-34(48)29-21-24-11-9-14-27(19-24)53-26-17-15-23(16-18-26)20-30(43-38(52)54-39(2,3)4)35(49)44-32(36(50)42-29)25-12-7-6-8-13-25/h9,11,14-19,25,28-30,32H,5-8,10,12-13,20-22H2,1-4H3,(H,40,51)(H,41,48)(H,42,50)(H,43,52)(H,44,49)(H,45,46)/t28-,29-,30-,32-/m0/s1. The lowest BCUT2D eigenvalue weighted by atomic mass is 9.83. The first kappa shape index (κ1) is 41.3. The van der Waals surface area contributed by atoms with Crippen LogP contribution in [0.2, 0.25) is 0 Å². The fourth-order valence-corrected chi connectivity index (χ4v) is 6.52. The number of carbonyl (C=O) groups excluding carboxylic acids is 6. The molecule has 54 heavy (non-hydrogen) atoms. The number of benzene rings is 2. The average Bonchev–Trinajstić information content (AvgIpc) is 3.11. The van der Waals surface area contributed by atoms with Crippen LogP contribution >= 0.6 is 0 Å². The van der Waals surface area contributed by atoms with E-state index >= 15 is 0 Å². The van der Waals surface area contributed by atoms with Gasteiger partial charge in [-0.05, 0) is 81.3 Å². The maximum absolute atomic E-state index is 14.3. The highest BCUT2D eigenvalue weighted by Gasteiger charge is 2.37. The fourth-order valence-electron chi connectivity index (χ4n) is 6.52. The number of aliphatic carboxylic acids is 1. The second kappa shape index (κ2) is 19.0. The quantitative estimate of drug-likeness (QED) is 0.195. The first-order valence-electron chi connectivity index (χ1n) is 18.4. The van der Waals surface area contributed by atoms with Crippen LogP contribution in [0.3, 0.4) is 0 Å². The van der Waals surface area contributed by atoms with Crippen molar-refractivity contribution in [1.82, 2.24) is 26.6 Å². The van der Waals surface area contributed by atoms with Gasteiger partial charge in [0, 0.05) is 12.8 Å². The Morgan fingerprint density at radius 1 is 0.907 bits per heavy atom. The van der Waals surface area contributed by atoms with Gasteiger partial charge in [-0.15, -0.1) is 0 Å². The third kappa shape index (κ3) is 12.6. The summed E-state index contributed by atoms with van der Waals surface area (Å²) < 4.78 is 11.5. The summed E-state index contributed by atoms with van der Waals surface area (Å²) >= 11 is 0. The van der Waals surface area contributed by atoms with E-state index in [1.165, 1.54) is 0 Å². The van der Waals surface area contributed by atoms with Crippen LogP contribution in [-0.2, 0) is 46.3 Å². The van der Waals surface area contributed by atoms with E-state index in [2.05, 4.69) is 21.3 Å². The topological polar surface area (TPSA) is 218 Å². The van der Waals surface area contributed by atoms with E-state index in [1.807, 2.05) is 5.32 Å². The highest BCUT2D eigenvalue weighted by molar-refractivity contribution is 6.38. The maximum Gasteiger partial charge on any atom is 0.408 e. The lowest BCUT2D eigenvalue weighted by Crippen LogP contribution is -2.60. The van der Waals surface area contributed by atoms with Gasteiger partial charge in [0.05, 0.1) is 6.04 Å². The fraction of sp³-hybridized carbons (Fsp3) is 0.513. The van der Waals surface area contributed by atoms with Gasteiger partial charge in [0.2, 0.25) is 23.5 Å². The molecule has 3 aliphatic rings. The molecule has 6 N–H and O–H groups in total. The molecule has 2 aromatic rings. The van der Waals surface area contributed by atoms with E-state index in [0.717, 1.165) is 19.3 Å². The molecule has 15 heteroatoms. The Labute approximate surface area is 314 Å². The van der Waals surface area contributed by atoms with Crippen LogP contribution < -0.4 is 31.3 Å². The maximum atomic E-state index is 14.3. The van der Waals surface area contributed by atoms with Crippen LogP contribution in [0.1, 0.15) is 83.8 Å². The molecule has 292 valence electrons. The van der Waals surface area contributed by atoms with Gasteiger partial charge in [0.25, 0.3) is 5.91 Å². The highest BCUT2D eigenvalue weighted by Crippen LogP contribution is 2.28. The van der Waals surface area contributed by atoms with Crippen molar-refractivity contribution in [2.75, 3.05) is 6.54 Å². The smallest absolute Gasteiger partial charge is 0.408 e. The lowest BCUT2D eigenvalue weighted by molar-refractivity contribution is -0.143. The molecule has 5 rings (SSSR count). The van der Waals surface area contributed by atoms with Crippen molar-refractivity contribution in [1.29, 1.82) is 0 Å². The van der Waals surface area contributed by atoms with Gasteiger partial charge in [0.1, 0.15) is 41.8 Å². The van der Waals surface area contributed by atoms with Crippen LogP contribution in [0, 0.1) is 5.92 Å². The van der Waals surface area contributed by atoms with Crippen molar-refractivity contribution in [2.45, 2.75) is 115 Å². The SMILES string of the molecule is CCC[C@H](NC(=O)[C@@H]1Cc2cccc(c2)Oc2ccc(cc2)C[C@H](NC(=O)OC(C)(C)C)C(=O)N[C@@H](C2CCCCC2)C(=O)N1)C(=O)C(=O)NCC(=O)O. The minimum absolute atomic E-state index is 0.0554. The minimum atomic E-state index is -1.34. The van der Waals surface area contributed by atoms with Crippen molar-refractivity contribution in [2.24, 2.45) is 5.92 Å². The first-order chi connectivity index (χ1) is 25.6. The molecule has 2 heterocycles. The summed E-state index contributed by atoms with van der Waals surface area (Å²) in [6.45, 7) is 6.08. The monoisotopic (exact) mass is 749 g/mol. The van der Waals surface area contributed by atoms with E-state index in [-0.39, 0.29) is 25.2 Å². The molecule has 2 aliphatic heterocycles. The second-order valence-electron chi connectivity index (χ2n) is 14.7. The Hall–Kier alpha value is -5.47. The number of hydrogen-bond acceptors (Lipinski definition) is 9. The highest BCUT2D eigenvalue weighted by atomic mass is 16.6. The average molecular weight is 750 g/mol. The molecule has 0 spiro atoms. The van der Waals surface area contributed by atoms with Crippen LogP contribution in [0.5, 0.6) is 11.5 Å². The first-order valence-corrected chi connectivity index (χ1v) is 18.4. The van der Waals surface area contributed by atoms with Crippen LogP contribution in [-0.4, -0.2) is 82.9 Å². The molecule has 0 aromatic heterocycles. The summed E-state index contributed by atoms with van der Waals surface area (Å²) in [5.41, 5.74) is 0.474. The van der Waals surface area contributed by atoms with Gasteiger partial charge in [-0.2, -0.15) is 0 Å². The van der Waals surface area contributed by atoms with Gasteiger partial charge < -0.3 is 41.2 Å². The zero-order valence-electron chi connectivity index (χ0n) is 31.2. The molecule has 1 aliphatic carbocycles. The number of rotatable bonds is 10. The Balaban J connectivity index is 1.72. The van der Waals surface area contributed by atoms with E-state index in [0.29, 0.717) is 41.9 Å². The number of ether oxygens (including phenoxy) is 2. The summed E-state index contributed by atoms with van der Waals surface area (Å²) in [5, 5.41) is 21.9. The molecule has 4 bridgehead atoms. The van der Waals surface area contributed by atoms with E-state index in [4.69, 9.17) is 14.6 Å². The van der Waals surface area contributed by atoms with Crippen molar-refractivity contribution in [3.05, 3.63) is 59.7 Å². The molecule has 0 radical (unpaired) electrons. The molecular weight excluding hydrogens is 698 g/mol.